The molecule has 0 amide bonds. The van der Waals surface area contributed by atoms with Gasteiger partial charge in [-0.25, -0.2) is 4.79 Å². The normalized spacial score (nSPS) is 11.6. The van der Waals surface area contributed by atoms with Crippen LogP contribution in [-0.4, -0.2) is 15.2 Å². The number of ether oxygens (including phenoxy) is 2. The predicted molar refractivity (Wildman–Crippen MR) is 63.7 cm³/mol. The lowest BCUT2D eigenvalue weighted by atomic mass is 10.3. The number of hydrogen-bond acceptors (Lipinski definition) is 5. The number of nitrogens with zero attached hydrogens (tertiary/aromatic N) is 1. The Balaban J connectivity index is 2.81. The van der Waals surface area contributed by atoms with Gasteiger partial charge in [0.25, 0.3) is 0 Å². The number of hydrogen-bond donors (Lipinski definition) is 0. The van der Waals surface area contributed by atoms with E-state index in [1.807, 2.05) is 22.6 Å². The van der Waals surface area contributed by atoms with Crippen LogP contribution in [0.2, 0.25) is 0 Å². The maximum Gasteiger partial charge on any atom is 0.515 e. The van der Waals surface area contributed by atoms with Crippen molar-refractivity contribution in [2.24, 2.45) is 0 Å². The molecule has 0 spiro atoms. The van der Waals surface area contributed by atoms with Crippen LogP contribution in [0.25, 0.3) is 0 Å². The van der Waals surface area contributed by atoms with E-state index in [9.17, 15) is 14.9 Å². The van der Waals surface area contributed by atoms with Crippen molar-refractivity contribution in [1.82, 2.24) is 0 Å². The summed E-state index contributed by atoms with van der Waals surface area (Å²) in [5, 5.41) is 10.6. The summed E-state index contributed by atoms with van der Waals surface area (Å²) in [6.07, 6.45) is -0.962. The van der Waals surface area contributed by atoms with Gasteiger partial charge in [-0.05, 0) is 35.6 Å². The number of para-hydroxylation sites is 2. The summed E-state index contributed by atoms with van der Waals surface area (Å²) >= 11 is 1.87. The summed E-state index contributed by atoms with van der Waals surface area (Å²) in [5.41, 5.74) is -0.277. The lowest BCUT2D eigenvalue weighted by molar-refractivity contribution is -0.385. The Hall–Kier alpha value is -1.38. The molecule has 1 aromatic rings. The summed E-state index contributed by atoms with van der Waals surface area (Å²) < 4.78 is 9.03. The zero-order valence-corrected chi connectivity index (χ0v) is 10.4. The molecule has 0 radical (unpaired) electrons. The van der Waals surface area contributed by atoms with Gasteiger partial charge in [0, 0.05) is 6.07 Å². The fraction of sp³-hybridized carbons (Fsp3) is 0.222. The Bertz CT molecular complexity index is 407. The first-order valence-corrected chi connectivity index (χ1v) is 5.51. The molecular formula is C9H8INO5. The average molecular weight is 337 g/mol. The topological polar surface area (TPSA) is 78.7 Å². The second-order valence-corrected chi connectivity index (χ2v) is 4.49. The van der Waals surface area contributed by atoms with Gasteiger partial charge < -0.3 is 9.47 Å². The van der Waals surface area contributed by atoms with Gasteiger partial charge in [-0.15, -0.1) is 0 Å². The van der Waals surface area contributed by atoms with E-state index in [2.05, 4.69) is 0 Å². The summed E-state index contributed by atoms with van der Waals surface area (Å²) in [7, 11) is 0. The Labute approximate surface area is 105 Å². The Kier molecular flexibility index (Phi) is 4.47. The van der Waals surface area contributed by atoms with Crippen molar-refractivity contribution in [3.63, 3.8) is 0 Å². The number of carbonyl (C=O) groups excluding carboxylic acids is 1. The van der Waals surface area contributed by atoms with Gasteiger partial charge in [-0.3, -0.25) is 10.1 Å². The molecule has 1 aromatic carbocycles. The van der Waals surface area contributed by atoms with Crippen molar-refractivity contribution in [3.8, 4) is 5.75 Å². The van der Waals surface area contributed by atoms with E-state index >= 15 is 0 Å². The third kappa shape index (κ3) is 3.65. The van der Waals surface area contributed by atoms with E-state index in [0.717, 1.165) is 0 Å². The van der Waals surface area contributed by atoms with Crippen molar-refractivity contribution in [1.29, 1.82) is 0 Å². The molecule has 6 nitrogen and oxygen atoms in total. The molecule has 0 aromatic heterocycles. The van der Waals surface area contributed by atoms with Crippen molar-refractivity contribution < 1.29 is 19.2 Å². The number of nitro benzene ring substituents is 1. The van der Waals surface area contributed by atoms with Crippen molar-refractivity contribution in [2.75, 3.05) is 0 Å². The molecule has 16 heavy (non-hydrogen) atoms. The molecule has 7 heteroatoms. The molecule has 0 aliphatic carbocycles. The molecule has 86 valence electrons. The molecule has 0 saturated heterocycles. The van der Waals surface area contributed by atoms with Gasteiger partial charge in [-0.2, -0.15) is 0 Å². The minimum Gasteiger partial charge on any atom is -0.420 e. The van der Waals surface area contributed by atoms with Crippen LogP contribution in [0.3, 0.4) is 0 Å². The first kappa shape index (κ1) is 12.7. The number of halogens is 1. The van der Waals surface area contributed by atoms with Crippen LogP contribution >= 0.6 is 22.6 Å². The maximum absolute atomic E-state index is 11.1. The molecule has 0 heterocycles. The van der Waals surface area contributed by atoms with Crippen LogP contribution in [0, 0.1) is 10.1 Å². The summed E-state index contributed by atoms with van der Waals surface area (Å²) in [5.74, 6) is -0.130. The molecule has 0 aliphatic rings. The Morgan fingerprint density at radius 3 is 2.69 bits per heavy atom. The monoisotopic (exact) mass is 337 g/mol. The van der Waals surface area contributed by atoms with E-state index in [0.29, 0.717) is 0 Å². The van der Waals surface area contributed by atoms with E-state index in [1.165, 1.54) is 24.3 Å². The van der Waals surface area contributed by atoms with Crippen LogP contribution < -0.4 is 4.74 Å². The number of rotatable bonds is 3. The molecule has 0 fully saturated rings. The fourth-order valence-corrected chi connectivity index (χ4v) is 1.15. The van der Waals surface area contributed by atoms with Crippen LogP contribution in [0.4, 0.5) is 10.5 Å². The quantitative estimate of drug-likeness (QED) is 0.212. The predicted octanol–water partition coefficient (Wildman–Crippen LogP) is 2.89. The van der Waals surface area contributed by atoms with E-state index < -0.39 is 11.1 Å². The molecular weight excluding hydrogens is 329 g/mol. The number of carbonyl (C=O) groups is 1. The number of alkyl halides is 1. The molecule has 0 aliphatic heterocycles. The van der Waals surface area contributed by atoms with Gasteiger partial charge in [0.15, 0.2) is 4.11 Å². The van der Waals surface area contributed by atoms with Crippen LogP contribution in [-0.2, 0) is 4.74 Å². The van der Waals surface area contributed by atoms with Crippen LogP contribution in [0.5, 0.6) is 5.75 Å². The Morgan fingerprint density at radius 2 is 2.12 bits per heavy atom. The van der Waals surface area contributed by atoms with E-state index in [-0.39, 0.29) is 15.5 Å². The summed E-state index contributed by atoms with van der Waals surface area (Å²) in [4.78, 5) is 21.1. The van der Waals surface area contributed by atoms with Crippen LogP contribution in [0.1, 0.15) is 6.92 Å². The number of benzene rings is 1. The fourth-order valence-electron chi connectivity index (χ4n) is 0.941. The summed E-state index contributed by atoms with van der Waals surface area (Å²) in [6, 6.07) is 5.59. The SMILES string of the molecule is CC(I)OC(=O)Oc1ccccc1[N+](=O)[O-]. The first-order valence-electron chi connectivity index (χ1n) is 4.26. The molecule has 1 rings (SSSR count). The highest BCUT2D eigenvalue weighted by Gasteiger charge is 2.18. The van der Waals surface area contributed by atoms with E-state index in [1.54, 1.807) is 6.92 Å². The maximum atomic E-state index is 11.1. The molecule has 0 N–H and O–H groups in total. The van der Waals surface area contributed by atoms with E-state index in [4.69, 9.17) is 9.47 Å². The van der Waals surface area contributed by atoms with Gasteiger partial charge in [-0.1, -0.05) is 12.1 Å². The van der Waals surface area contributed by atoms with Crippen molar-refractivity contribution >= 4 is 34.4 Å². The Morgan fingerprint density at radius 1 is 1.50 bits per heavy atom. The third-order valence-electron chi connectivity index (χ3n) is 1.51. The molecule has 1 atom stereocenters. The lowest BCUT2D eigenvalue weighted by Gasteiger charge is -2.07. The molecule has 0 saturated carbocycles. The minimum atomic E-state index is -0.962. The second-order valence-electron chi connectivity index (χ2n) is 2.74. The smallest absolute Gasteiger partial charge is 0.420 e. The third-order valence-corrected chi connectivity index (χ3v) is 1.77. The largest absolute Gasteiger partial charge is 0.515 e. The zero-order chi connectivity index (χ0) is 12.1. The minimum absolute atomic E-state index is 0.130. The van der Waals surface area contributed by atoms with Gasteiger partial charge in [0.1, 0.15) is 0 Å². The average Bonchev–Trinajstić information content (AvgIpc) is 2.16. The van der Waals surface area contributed by atoms with Crippen LogP contribution in [0.15, 0.2) is 24.3 Å². The highest BCUT2D eigenvalue weighted by Crippen LogP contribution is 2.26. The highest BCUT2D eigenvalue weighted by atomic mass is 127. The van der Waals surface area contributed by atoms with Gasteiger partial charge in [0.05, 0.1) is 4.92 Å². The summed E-state index contributed by atoms with van der Waals surface area (Å²) in [6.45, 7) is 1.64. The van der Waals surface area contributed by atoms with Crippen molar-refractivity contribution in [3.05, 3.63) is 34.4 Å². The van der Waals surface area contributed by atoms with Crippen molar-refractivity contribution in [2.45, 2.75) is 11.0 Å². The molecule has 1 unspecified atom stereocenters. The standard InChI is InChI=1S/C9H8INO5/c1-6(10)15-9(12)16-8-5-3-2-4-7(8)11(13)14/h2-6H,1H3. The highest BCUT2D eigenvalue weighted by molar-refractivity contribution is 14.1. The zero-order valence-electron chi connectivity index (χ0n) is 8.25. The second kappa shape index (κ2) is 5.64. The molecule has 0 bridgehead atoms. The van der Waals surface area contributed by atoms with Gasteiger partial charge in [0.2, 0.25) is 5.75 Å². The number of nitro groups is 1. The lowest BCUT2D eigenvalue weighted by Crippen LogP contribution is -2.14. The van der Waals surface area contributed by atoms with Gasteiger partial charge >= 0.3 is 11.8 Å². The first-order chi connectivity index (χ1) is 7.50.